The second-order valence-corrected chi connectivity index (χ2v) is 6.10. The molecule has 0 saturated carbocycles. The first-order valence-corrected chi connectivity index (χ1v) is 6.86. The molecule has 0 aliphatic carbocycles. The zero-order chi connectivity index (χ0) is 15.0. The van der Waals surface area contributed by atoms with Gasteiger partial charge in [0.1, 0.15) is 0 Å². The van der Waals surface area contributed by atoms with Gasteiger partial charge in [0.2, 0.25) is 0 Å². The summed E-state index contributed by atoms with van der Waals surface area (Å²) in [6.07, 6.45) is 1.77. The van der Waals surface area contributed by atoms with Crippen LogP contribution in [-0.4, -0.2) is 25.4 Å². The van der Waals surface area contributed by atoms with Crippen molar-refractivity contribution >= 4 is 18.3 Å². The van der Waals surface area contributed by atoms with Crippen molar-refractivity contribution in [3.05, 3.63) is 36.0 Å². The molecule has 108 valence electrons. The lowest BCUT2D eigenvalue weighted by molar-refractivity contribution is 0.00578. The molecule has 0 spiro atoms. The van der Waals surface area contributed by atoms with Gasteiger partial charge in [0.05, 0.1) is 16.9 Å². The molecule has 0 aromatic heterocycles. The molecule has 5 heteroatoms. The van der Waals surface area contributed by atoms with E-state index in [1.807, 2.05) is 31.3 Å². The average molecular weight is 274 g/mol. The first-order chi connectivity index (χ1) is 9.27. The molecule has 0 unspecified atom stereocenters. The van der Waals surface area contributed by atoms with Crippen molar-refractivity contribution in [3.63, 3.8) is 0 Å². The first kappa shape index (κ1) is 14.9. The van der Waals surface area contributed by atoms with Gasteiger partial charge in [-0.3, -0.25) is 0 Å². The zero-order valence-electron chi connectivity index (χ0n) is 12.9. The quantitative estimate of drug-likeness (QED) is 0.819. The molecule has 1 fully saturated rings. The van der Waals surface area contributed by atoms with Crippen LogP contribution in [0.25, 0.3) is 5.70 Å². The van der Waals surface area contributed by atoms with Crippen molar-refractivity contribution < 1.29 is 9.31 Å². The van der Waals surface area contributed by atoms with Crippen molar-refractivity contribution in [2.24, 2.45) is 5.73 Å². The lowest BCUT2D eigenvalue weighted by atomic mass is 9.79. The van der Waals surface area contributed by atoms with E-state index in [0.29, 0.717) is 5.70 Å². The molecule has 2 rings (SSSR count). The van der Waals surface area contributed by atoms with E-state index in [2.05, 4.69) is 33.0 Å². The van der Waals surface area contributed by atoms with Crippen LogP contribution in [-0.2, 0) is 9.31 Å². The van der Waals surface area contributed by atoms with Gasteiger partial charge in [-0.15, -0.1) is 0 Å². The number of hydrogen-bond donors (Lipinski definition) is 2. The number of benzene rings is 1. The Labute approximate surface area is 121 Å². The van der Waals surface area contributed by atoms with Crippen LogP contribution in [0.4, 0.5) is 0 Å². The molecule has 0 amide bonds. The van der Waals surface area contributed by atoms with Gasteiger partial charge in [-0.05, 0) is 38.7 Å². The van der Waals surface area contributed by atoms with Gasteiger partial charge < -0.3 is 20.4 Å². The van der Waals surface area contributed by atoms with Gasteiger partial charge in [-0.25, -0.2) is 0 Å². The molecule has 1 saturated heterocycles. The fourth-order valence-electron chi connectivity index (χ4n) is 2.05. The summed E-state index contributed by atoms with van der Waals surface area (Å²) in [6, 6.07) is 7.94. The standard InChI is InChI=1S/C15H23BN2O2/c1-14(2)15(3,4)20-16(19-14)12-8-6-11(7-9-12)13(17)10-18-5/h6-10,18H,17H2,1-5H3/b13-10-. The Bertz CT molecular complexity index is 493. The van der Waals surface area contributed by atoms with Crippen molar-refractivity contribution in [2.45, 2.75) is 38.9 Å². The van der Waals surface area contributed by atoms with Crippen LogP contribution in [0.1, 0.15) is 33.3 Å². The van der Waals surface area contributed by atoms with E-state index in [0.717, 1.165) is 11.0 Å². The maximum atomic E-state index is 6.02. The molecular weight excluding hydrogens is 251 g/mol. The van der Waals surface area contributed by atoms with Gasteiger partial charge in [0.25, 0.3) is 0 Å². The van der Waals surface area contributed by atoms with E-state index in [1.165, 1.54) is 0 Å². The summed E-state index contributed by atoms with van der Waals surface area (Å²) in [6.45, 7) is 8.20. The second kappa shape index (κ2) is 5.15. The van der Waals surface area contributed by atoms with Crippen LogP contribution < -0.4 is 16.5 Å². The fraction of sp³-hybridized carbons (Fsp3) is 0.467. The number of nitrogens with one attached hydrogen (secondary N) is 1. The third kappa shape index (κ3) is 2.69. The Morgan fingerprint density at radius 3 is 2.05 bits per heavy atom. The van der Waals surface area contributed by atoms with Gasteiger partial charge in [0.15, 0.2) is 0 Å². The highest BCUT2D eigenvalue weighted by molar-refractivity contribution is 6.62. The summed E-state index contributed by atoms with van der Waals surface area (Å²) >= 11 is 0. The lowest BCUT2D eigenvalue weighted by Crippen LogP contribution is -2.41. The van der Waals surface area contributed by atoms with Crippen LogP contribution in [0.15, 0.2) is 30.5 Å². The van der Waals surface area contributed by atoms with Gasteiger partial charge in [-0.1, -0.05) is 24.3 Å². The van der Waals surface area contributed by atoms with Crippen molar-refractivity contribution in [3.8, 4) is 0 Å². The highest BCUT2D eigenvalue weighted by atomic mass is 16.7. The summed E-state index contributed by atoms with van der Waals surface area (Å²) in [7, 11) is 1.49. The van der Waals surface area contributed by atoms with Crippen molar-refractivity contribution in [1.82, 2.24) is 5.32 Å². The molecule has 20 heavy (non-hydrogen) atoms. The Hall–Kier alpha value is -1.46. The summed E-state index contributed by atoms with van der Waals surface area (Å²) in [4.78, 5) is 0. The molecule has 0 atom stereocenters. The molecule has 4 nitrogen and oxygen atoms in total. The minimum Gasteiger partial charge on any atom is -0.399 e. The van der Waals surface area contributed by atoms with E-state index in [4.69, 9.17) is 15.0 Å². The molecule has 0 bridgehead atoms. The minimum absolute atomic E-state index is 0.318. The lowest BCUT2D eigenvalue weighted by Gasteiger charge is -2.32. The van der Waals surface area contributed by atoms with E-state index in [1.54, 1.807) is 6.20 Å². The number of rotatable bonds is 3. The minimum atomic E-state index is -0.330. The fourth-order valence-corrected chi connectivity index (χ4v) is 2.05. The summed E-state index contributed by atoms with van der Waals surface area (Å²) in [5.41, 5.74) is 7.97. The Morgan fingerprint density at radius 1 is 1.10 bits per heavy atom. The topological polar surface area (TPSA) is 56.5 Å². The predicted molar refractivity (Wildman–Crippen MR) is 83.4 cm³/mol. The molecule has 1 aliphatic rings. The Kier molecular flexibility index (Phi) is 3.85. The average Bonchev–Trinajstić information content (AvgIpc) is 2.59. The normalized spacial score (nSPS) is 21.1. The highest BCUT2D eigenvalue weighted by Gasteiger charge is 2.51. The molecule has 1 heterocycles. The summed E-state index contributed by atoms with van der Waals surface area (Å²) in [5, 5.41) is 2.92. The SMILES string of the molecule is CN/C=C(\N)c1ccc(B2OC(C)(C)C(C)(C)O2)cc1. The Balaban J connectivity index is 2.18. The second-order valence-electron chi connectivity index (χ2n) is 6.10. The first-order valence-electron chi connectivity index (χ1n) is 6.86. The highest BCUT2D eigenvalue weighted by Crippen LogP contribution is 2.36. The number of hydrogen-bond acceptors (Lipinski definition) is 4. The maximum Gasteiger partial charge on any atom is 0.494 e. The van der Waals surface area contributed by atoms with Crippen molar-refractivity contribution in [1.29, 1.82) is 0 Å². The van der Waals surface area contributed by atoms with E-state index in [9.17, 15) is 0 Å². The van der Waals surface area contributed by atoms with Crippen molar-refractivity contribution in [2.75, 3.05) is 7.05 Å². The zero-order valence-corrected chi connectivity index (χ0v) is 12.9. The molecule has 1 aromatic carbocycles. The van der Waals surface area contributed by atoms with Crippen LogP contribution in [0, 0.1) is 0 Å². The van der Waals surface area contributed by atoms with Crippen LogP contribution in [0.5, 0.6) is 0 Å². The number of nitrogens with two attached hydrogens (primary N) is 1. The van der Waals surface area contributed by atoms with Gasteiger partial charge in [0, 0.05) is 13.2 Å². The van der Waals surface area contributed by atoms with Gasteiger partial charge >= 0.3 is 7.12 Å². The Morgan fingerprint density at radius 2 is 1.60 bits per heavy atom. The maximum absolute atomic E-state index is 6.02. The van der Waals surface area contributed by atoms with E-state index < -0.39 is 0 Å². The molecule has 1 aromatic rings. The summed E-state index contributed by atoms with van der Waals surface area (Å²) < 4.78 is 12.0. The van der Waals surface area contributed by atoms with Gasteiger partial charge in [-0.2, -0.15) is 0 Å². The molecule has 1 aliphatic heterocycles. The van der Waals surface area contributed by atoms with E-state index >= 15 is 0 Å². The van der Waals surface area contributed by atoms with Crippen LogP contribution >= 0.6 is 0 Å². The van der Waals surface area contributed by atoms with Crippen LogP contribution in [0.2, 0.25) is 0 Å². The third-order valence-corrected chi connectivity index (χ3v) is 4.07. The van der Waals surface area contributed by atoms with Crippen LogP contribution in [0.3, 0.4) is 0 Å². The summed E-state index contributed by atoms with van der Waals surface area (Å²) in [5.74, 6) is 0. The van der Waals surface area contributed by atoms with E-state index in [-0.39, 0.29) is 18.3 Å². The predicted octanol–water partition coefficient (Wildman–Crippen LogP) is 1.46. The smallest absolute Gasteiger partial charge is 0.399 e. The monoisotopic (exact) mass is 274 g/mol. The molecule has 0 radical (unpaired) electrons. The third-order valence-electron chi connectivity index (χ3n) is 4.07. The molecule has 3 N–H and O–H groups in total. The molecular formula is C15H23BN2O2. The largest absolute Gasteiger partial charge is 0.494 e.